The van der Waals surface area contributed by atoms with Gasteiger partial charge >= 0.3 is 0 Å². The molecule has 2 aliphatic rings. The van der Waals surface area contributed by atoms with Crippen molar-refractivity contribution in [1.82, 2.24) is 4.90 Å². The summed E-state index contributed by atoms with van der Waals surface area (Å²) in [6.45, 7) is 6.00. The minimum atomic E-state index is 0.162. The Balaban J connectivity index is 1.83. The molecule has 2 atom stereocenters. The van der Waals surface area contributed by atoms with Gasteiger partial charge in [0.15, 0.2) is 0 Å². The van der Waals surface area contributed by atoms with E-state index in [1.807, 2.05) is 0 Å². The number of likely N-dealkylation sites (tertiary alicyclic amines) is 1. The highest BCUT2D eigenvalue weighted by Gasteiger charge is 2.30. The van der Waals surface area contributed by atoms with Crippen LogP contribution in [0.25, 0.3) is 0 Å². The SMILES string of the molecule is C[C@@H]1CCC[C@H](C)N1CCC1(N)CCCCC1. The fourth-order valence-corrected chi connectivity index (χ4v) is 3.77. The van der Waals surface area contributed by atoms with E-state index in [4.69, 9.17) is 5.73 Å². The second-order valence-electron chi connectivity index (χ2n) is 6.54. The maximum absolute atomic E-state index is 6.54. The Morgan fingerprint density at radius 2 is 1.59 bits per heavy atom. The van der Waals surface area contributed by atoms with E-state index in [1.54, 1.807) is 0 Å². The summed E-state index contributed by atoms with van der Waals surface area (Å²) in [5.74, 6) is 0. The second kappa shape index (κ2) is 5.71. The normalized spacial score (nSPS) is 34.8. The fourth-order valence-electron chi connectivity index (χ4n) is 3.77. The predicted octanol–water partition coefficient (Wildman–Crippen LogP) is 3.30. The molecule has 1 saturated carbocycles. The van der Waals surface area contributed by atoms with Crippen molar-refractivity contribution < 1.29 is 0 Å². The molecule has 1 heterocycles. The molecule has 0 spiro atoms. The van der Waals surface area contributed by atoms with Crippen LogP contribution >= 0.6 is 0 Å². The maximum atomic E-state index is 6.54. The average Bonchev–Trinajstić information content (AvgIpc) is 2.29. The molecular weight excluding hydrogens is 208 g/mol. The molecule has 0 amide bonds. The van der Waals surface area contributed by atoms with Crippen molar-refractivity contribution in [2.24, 2.45) is 5.73 Å². The van der Waals surface area contributed by atoms with Crippen LogP contribution in [-0.4, -0.2) is 29.1 Å². The third kappa shape index (κ3) is 3.45. The number of hydrogen-bond donors (Lipinski definition) is 1. The van der Waals surface area contributed by atoms with Crippen LogP contribution in [0.3, 0.4) is 0 Å². The summed E-state index contributed by atoms with van der Waals surface area (Å²) < 4.78 is 0. The smallest absolute Gasteiger partial charge is 0.0166 e. The van der Waals surface area contributed by atoms with Crippen molar-refractivity contribution in [3.05, 3.63) is 0 Å². The van der Waals surface area contributed by atoms with Crippen molar-refractivity contribution in [3.8, 4) is 0 Å². The van der Waals surface area contributed by atoms with Crippen molar-refractivity contribution in [2.45, 2.75) is 89.3 Å². The summed E-state index contributed by atoms with van der Waals surface area (Å²) in [6.07, 6.45) is 12.0. The fraction of sp³-hybridized carbons (Fsp3) is 1.00. The lowest BCUT2D eigenvalue weighted by atomic mass is 9.80. The Morgan fingerprint density at radius 3 is 2.18 bits per heavy atom. The van der Waals surface area contributed by atoms with Gasteiger partial charge in [0.1, 0.15) is 0 Å². The molecule has 2 heteroatoms. The predicted molar refractivity (Wildman–Crippen MR) is 74.1 cm³/mol. The zero-order valence-corrected chi connectivity index (χ0v) is 11.8. The van der Waals surface area contributed by atoms with Crippen LogP contribution in [0.2, 0.25) is 0 Å². The van der Waals surface area contributed by atoms with Crippen LogP contribution in [0.4, 0.5) is 0 Å². The molecule has 2 rings (SSSR count). The van der Waals surface area contributed by atoms with E-state index < -0.39 is 0 Å². The van der Waals surface area contributed by atoms with Crippen LogP contribution in [0.1, 0.15) is 71.6 Å². The Bertz CT molecular complexity index is 223. The summed E-state index contributed by atoms with van der Waals surface area (Å²) in [5.41, 5.74) is 6.70. The van der Waals surface area contributed by atoms with Gasteiger partial charge in [0.25, 0.3) is 0 Å². The van der Waals surface area contributed by atoms with Crippen molar-refractivity contribution in [1.29, 1.82) is 0 Å². The molecule has 1 aliphatic heterocycles. The van der Waals surface area contributed by atoms with E-state index in [1.165, 1.54) is 64.3 Å². The number of hydrogen-bond acceptors (Lipinski definition) is 2. The summed E-state index contributed by atoms with van der Waals surface area (Å²) >= 11 is 0. The molecule has 0 aromatic rings. The van der Waals surface area contributed by atoms with Crippen molar-refractivity contribution >= 4 is 0 Å². The van der Waals surface area contributed by atoms with E-state index >= 15 is 0 Å². The molecule has 0 bridgehead atoms. The molecule has 1 aliphatic carbocycles. The largest absolute Gasteiger partial charge is 0.325 e. The van der Waals surface area contributed by atoms with Crippen LogP contribution in [0, 0.1) is 0 Å². The Morgan fingerprint density at radius 1 is 1.00 bits per heavy atom. The average molecular weight is 238 g/mol. The molecule has 0 aromatic heterocycles. The maximum Gasteiger partial charge on any atom is 0.0166 e. The number of rotatable bonds is 3. The third-order valence-corrected chi connectivity index (χ3v) is 5.09. The minimum absolute atomic E-state index is 0.162. The van der Waals surface area contributed by atoms with Gasteiger partial charge in [-0.15, -0.1) is 0 Å². The summed E-state index contributed by atoms with van der Waals surface area (Å²) in [6, 6.07) is 1.54. The van der Waals surface area contributed by atoms with Gasteiger partial charge in [-0.25, -0.2) is 0 Å². The van der Waals surface area contributed by atoms with Crippen LogP contribution in [-0.2, 0) is 0 Å². The van der Waals surface area contributed by atoms with Gasteiger partial charge in [-0.3, -0.25) is 4.90 Å². The van der Waals surface area contributed by atoms with Gasteiger partial charge < -0.3 is 5.73 Å². The van der Waals surface area contributed by atoms with Crippen LogP contribution in [0.15, 0.2) is 0 Å². The van der Waals surface area contributed by atoms with Gasteiger partial charge in [0.2, 0.25) is 0 Å². The minimum Gasteiger partial charge on any atom is -0.325 e. The molecule has 2 N–H and O–H groups in total. The molecule has 1 saturated heterocycles. The summed E-state index contributed by atoms with van der Waals surface area (Å²) in [7, 11) is 0. The lowest BCUT2D eigenvalue weighted by molar-refractivity contribution is 0.0882. The standard InChI is InChI=1S/C15H30N2/c1-13-7-6-8-14(2)17(13)12-11-15(16)9-4-3-5-10-15/h13-14H,3-12,16H2,1-2H3/t13-,14+. The zero-order chi connectivity index (χ0) is 12.3. The molecule has 2 nitrogen and oxygen atoms in total. The number of piperidine rings is 1. The zero-order valence-electron chi connectivity index (χ0n) is 11.8. The third-order valence-electron chi connectivity index (χ3n) is 5.09. The van der Waals surface area contributed by atoms with E-state index in [9.17, 15) is 0 Å². The monoisotopic (exact) mass is 238 g/mol. The molecule has 2 fully saturated rings. The Hall–Kier alpha value is -0.0800. The quantitative estimate of drug-likeness (QED) is 0.817. The van der Waals surface area contributed by atoms with Gasteiger partial charge in [0, 0.05) is 24.2 Å². The summed E-state index contributed by atoms with van der Waals surface area (Å²) in [4.78, 5) is 2.70. The van der Waals surface area contributed by atoms with E-state index in [0.29, 0.717) is 0 Å². The lowest BCUT2D eigenvalue weighted by Gasteiger charge is -2.42. The first kappa shape index (κ1) is 13.4. The molecule has 100 valence electrons. The highest BCUT2D eigenvalue weighted by atomic mass is 15.2. The second-order valence-corrected chi connectivity index (χ2v) is 6.54. The Kier molecular flexibility index (Phi) is 4.48. The molecule has 0 unspecified atom stereocenters. The van der Waals surface area contributed by atoms with Gasteiger partial charge in [0.05, 0.1) is 0 Å². The molecule has 0 aromatic carbocycles. The Labute approximate surface area is 107 Å². The number of nitrogens with two attached hydrogens (primary N) is 1. The molecule has 0 radical (unpaired) electrons. The first-order chi connectivity index (χ1) is 8.11. The van der Waals surface area contributed by atoms with Gasteiger partial charge in [-0.1, -0.05) is 25.7 Å². The number of nitrogens with zero attached hydrogens (tertiary/aromatic N) is 1. The highest BCUT2D eigenvalue weighted by molar-refractivity contribution is 4.90. The van der Waals surface area contributed by atoms with E-state index in [0.717, 1.165) is 12.1 Å². The van der Waals surface area contributed by atoms with Crippen molar-refractivity contribution in [2.75, 3.05) is 6.54 Å². The first-order valence-electron chi connectivity index (χ1n) is 7.65. The van der Waals surface area contributed by atoms with Gasteiger partial charge in [-0.05, 0) is 46.0 Å². The van der Waals surface area contributed by atoms with Gasteiger partial charge in [-0.2, -0.15) is 0 Å². The molecule has 17 heavy (non-hydrogen) atoms. The van der Waals surface area contributed by atoms with Crippen LogP contribution in [0.5, 0.6) is 0 Å². The lowest BCUT2D eigenvalue weighted by Crippen LogP contribution is -2.49. The van der Waals surface area contributed by atoms with E-state index in [2.05, 4.69) is 18.7 Å². The summed E-state index contributed by atoms with van der Waals surface area (Å²) in [5, 5.41) is 0. The van der Waals surface area contributed by atoms with Crippen molar-refractivity contribution in [3.63, 3.8) is 0 Å². The first-order valence-corrected chi connectivity index (χ1v) is 7.65. The van der Waals surface area contributed by atoms with Crippen LogP contribution < -0.4 is 5.73 Å². The van der Waals surface area contributed by atoms with E-state index in [-0.39, 0.29) is 5.54 Å². The topological polar surface area (TPSA) is 29.3 Å². The highest BCUT2D eigenvalue weighted by Crippen LogP contribution is 2.30. The molecular formula is C15H30N2.